The predicted octanol–water partition coefficient (Wildman–Crippen LogP) is 5.92. The fraction of sp³-hybridized carbons (Fsp3) is 0.379. The van der Waals surface area contributed by atoms with E-state index in [-0.39, 0.29) is 11.5 Å². The summed E-state index contributed by atoms with van der Waals surface area (Å²) in [6, 6.07) is 13.2. The lowest BCUT2D eigenvalue weighted by atomic mass is 10.1. The number of methoxy groups -OCH3 is 1. The molecule has 200 valence electrons. The van der Waals surface area contributed by atoms with E-state index in [1.165, 1.54) is 41.8 Å². The van der Waals surface area contributed by atoms with Gasteiger partial charge >= 0.3 is 0 Å². The number of unbranched alkanes of at least 4 members (excludes halogenated alkanes) is 5. The van der Waals surface area contributed by atoms with Gasteiger partial charge in [0.05, 0.1) is 17.6 Å². The molecule has 0 saturated carbocycles. The molecular weight excluding hydrogens is 516 g/mol. The zero-order chi connectivity index (χ0) is 26.9. The van der Waals surface area contributed by atoms with Crippen molar-refractivity contribution in [3.63, 3.8) is 0 Å². The SMILES string of the molecule is CCCCCCCCNc1nc2ccccn2c(=O)c1C=C1SC(=S)N(CCc2ccc(OC)cc2)C1=O. The number of ether oxygens (including phenoxy) is 1. The third kappa shape index (κ3) is 6.82. The molecule has 0 bridgehead atoms. The summed E-state index contributed by atoms with van der Waals surface area (Å²) in [5.41, 5.74) is 1.80. The number of thiocarbonyl (C=S) groups is 1. The summed E-state index contributed by atoms with van der Waals surface area (Å²) in [6.07, 6.45) is 11.1. The molecule has 0 aliphatic carbocycles. The highest BCUT2D eigenvalue weighted by Gasteiger charge is 2.32. The smallest absolute Gasteiger partial charge is 0.267 e. The lowest BCUT2D eigenvalue weighted by Crippen LogP contribution is -2.30. The molecular formula is C29H34N4O3S2. The van der Waals surface area contributed by atoms with Gasteiger partial charge in [0.25, 0.3) is 11.5 Å². The second-order valence-corrected chi connectivity index (χ2v) is 10.9. The maximum absolute atomic E-state index is 13.4. The number of carbonyl (C=O) groups is 1. The van der Waals surface area contributed by atoms with Gasteiger partial charge in [-0.1, -0.05) is 81.2 Å². The Bertz CT molecular complexity index is 1370. The molecule has 0 unspecified atom stereocenters. The van der Waals surface area contributed by atoms with Gasteiger partial charge in [0, 0.05) is 19.3 Å². The van der Waals surface area contributed by atoms with E-state index in [4.69, 9.17) is 21.9 Å². The summed E-state index contributed by atoms with van der Waals surface area (Å²) >= 11 is 6.76. The molecule has 1 aliphatic rings. The highest BCUT2D eigenvalue weighted by atomic mass is 32.2. The van der Waals surface area contributed by atoms with Crippen LogP contribution in [0.15, 0.2) is 58.4 Å². The number of pyridine rings is 1. The van der Waals surface area contributed by atoms with Crippen molar-refractivity contribution < 1.29 is 9.53 Å². The van der Waals surface area contributed by atoms with Gasteiger partial charge in [-0.15, -0.1) is 0 Å². The number of nitrogens with one attached hydrogen (secondary N) is 1. The number of anilines is 1. The van der Waals surface area contributed by atoms with Crippen molar-refractivity contribution in [1.82, 2.24) is 14.3 Å². The number of hydrogen-bond donors (Lipinski definition) is 1. The number of hydrogen-bond acceptors (Lipinski definition) is 7. The van der Waals surface area contributed by atoms with Gasteiger partial charge in [0.1, 0.15) is 21.5 Å². The topological polar surface area (TPSA) is 75.9 Å². The lowest BCUT2D eigenvalue weighted by Gasteiger charge is -2.14. The number of carbonyl (C=O) groups excluding carboxylic acids is 1. The molecule has 0 radical (unpaired) electrons. The summed E-state index contributed by atoms with van der Waals surface area (Å²) in [4.78, 5) is 33.5. The Morgan fingerprint density at radius 3 is 2.58 bits per heavy atom. The molecule has 1 aromatic carbocycles. The largest absolute Gasteiger partial charge is 0.497 e. The standard InChI is InChI=1S/C29H34N4O3S2/c1-3-4-5-6-7-9-17-30-26-23(27(34)32-18-10-8-11-25(32)31-26)20-24-28(35)33(29(37)38-24)19-16-21-12-14-22(36-2)15-13-21/h8,10-15,18,20,30H,3-7,9,16-17,19H2,1-2H3. The molecule has 0 spiro atoms. The number of fused-ring (bicyclic) bond motifs is 1. The van der Waals surface area contributed by atoms with Crippen LogP contribution in [-0.2, 0) is 11.2 Å². The molecule has 1 saturated heterocycles. The summed E-state index contributed by atoms with van der Waals surface area (Å²) in [6.45, 7) is 3.39. The molecule has 4 rings (SSSR count). The number of aromatic nitrogens is 2. The number of nitrogens with zero attached hydrogens (tertiary/aromatic N) is 3. The van der Waals surface area contributed by atoms with E-state index in [0.29, 0.717) is 45.8 Å². The summed E-state index contributed by atoms with van der Waals surface area (Å²) in [5.74, 6) is 1.10. The van der Waals surface area contributed by atoms with E-state index in [0.717, 1.165) is 24.2 Å². The Kier molecular flexibility index (Phi) is 9.95. The van der Waals surface area contributed by atoms with Crippen LogP contribution in [-0.4, -0.2) is 44.7 Å². The van der Waals surface area contributed by atoms with Crippen LogP contribution in [0.4, 0.5) is 5.82 Å². The van der Waals surface area contributed by atoms with E-state index in [2.05, 4.69) is 12.2 Å². The summed E-state index contributed by atoms with van der Waals surface area (Å²) in [5, 5.41) is 3.36. The predicted molar refractivity (Wildman–Crippen MR) is 160 cm³/mol. The molecule has 7 nitrogen and oxygen atoms in total. The molecule has 1 fully saturated rings. The normalized spacial score (nSPS) is 14.6. The van der Waals surface area contributed by atoms with E-state index >= 15 is 0 Å². The van der Waals surface area contributed by atoms with Crippen LogP contribution < -0.4 is 15.6 Å². The van der Waals surface area contributed by atoms with Crippen LogP contribution in [0.25, 0.3) is 11.7 Å². The van der Waals surface area contributed by atoms with E-state index < -0.39 is 0 Å². The van der Waals surface area contributed by atoms with Crippen molar-refractivity contribution in [1.29, 1.82) is 0 Å². The fourth-order valence-electron chi connectivity index (χ4n) is 4.34. The minimum absolute atomic E-state index is 0.187. The van der Waals surface area contributed by atoms with Crippen molar-refractivity contribution in [3.05, 3.63) is 75.0 Å². The fourth-order valence-corrected chi connectivity index (χ4v) is 5.63. The average molecular weight is 551 g/mol. The van der Waals surface area contributed by atoms with Gasteiger partial charge < -0.3 is 10.1 Å². The first-order chi connectivity index (χ1) is 18.5. The minimum atomic E-state index is -0.218. The van der Waals surface area contributed by atoms with Gasteiger partial charge in [-0.3, -0.25) is 18.9 Å². The third-order valence-corrected chi connectivity index (χ3v) is 7.90. The van der Waals surface area contributed by atoms with Crippen LogP contribution in [0.1, 0.15) is 56.6 Å². The van der Waals surface area contributed by atoms with Crippen LogP contribution in [0.5, 0.6) is 5.75 Å². The molecule has 1 N–H and O–H groups in total. The van der Waals surface area contributed by atoms with Crippen LogP contribution in [0.2, 0.25) is 0 Å². The Morgan fingerprint density at radius 1 is 1.05 bits per heavy atom. The molecule has 1 aliphatic heterocycles. The van der Waals surface area contributed by atoms with E-state index in [9.17, 15) is 9.59 Å². The molecule has 2 aromatic heterocycles. The van der Waals surface area contributed by atoms with Crippen molar-refractivity contribution in [2.75, 3.05) is 25.5 Å². The molecule has 3 heterocycles. The molecule has 0 atom stereocenters. The van der Waals surface area contributed by atoms with Crippen molar-refractivity contribution >= 4 is 51.7 Å². The lowest BCUT2D eigenvalue weighted by molar-refractivity contribution is -0.122. The zero-order valence-corrected chi connectivity index (χ0v) is 23.6. The zero-order valence-electron chi connectivity index (χ0n) is 21.9. The van der Waals surface area contributed by atoms with Gasteiger partial charge in [-0.25, -0.2) is 4.98 Å². The minimum Gasteiger partial charge on any atom is -0.497 e. The van der Waals surface area contributed by atoms with Crippen LogP contribution >= 0.6 is 24.0 Å². The first-order valence-electron chi connectivity index (χ1n) is 13.2. The monoisotopic (exact) mass is 550 g/mol. The van der Waals surface area contributed by atoms with Gasteiger partial charge in [0.15, 0.2) is 0 Å². The number of benzene rings is 1. The third-order valence-electron chi connectivity index (χ3n) is 6.52. The quantitative estimate of drug-likeness (QED) is 0.161. The van der Waals surface area contributed by atoms with Gasteiger partial charge in [-0.05, 0) is 48.7 Å². The second-order valence-electron chi connectivity index (χ2n) is 9.23. The Balaban J connectivity index is 1.51. The van der Waals surface area contributed by atoms with Crippen molar-refractivity contribution in [2.24, 2.45) is 0 Å². The summed E-state index contributed by atoms with van der Waals surface area (Å²) in [7, 11) is 1.63. The molecule has 1 amide bonds. The van der Waals surface area contributed by atoms with E-state index in [1.807, 2.05) is 30.3 Å². The van der Waals surface area contributed by atoms with Gasteiger partial charge in [0.2, 0.25) is 0 Å². The maximum Gasteiger partial charge on any atom is 0.267 e. The number of rotatable bonds is 13. The Labute approximate surface area is 233 Å². The average Bonchev–Trinajstić information content (AvgIpc) is 3.20. The molecule has 3 aromatic rings. The molecule has 9 heteroatoms. The number of thioether (sulfide) groups is 1. The van der Waals surface area contributed by atoms with Crippen molar-refractivity contribution in [3.8, 4) is 5.75 Å². The van der Waals surface area contributed by atoms with Gasteiger partial charge in [-0.2, -0.15) is 0 Å². The first-order valence-corrected chi connectivity index (χ1v) is 14.4. The van der Waals surface area contributed by atoms with Crippen LogP contribution in [0.3, 0.4) is 0 Å². The highest BCUT2D eigenvalue weighted by molar-refractivity contribution is 8.26. The Morgan fingerprint density at radius 2 is 1.82 bits per heavy atom. The highest BCUT2D eigenvalue weighted by Crippen LogP contribution is 2.33. The number of amides is 1. The first kappa shape index (κ1) is 27.9. The van der Waals surface area contributed by atoms with Crippen LogP contribution in [0, 0.1) is 0 Å². The van der Waals surface area contributed by atoms with Crippen molar-refractivity contribution in [2.45, 2.75) is 51.9 Å². The maximum atomic E-state index is 13.4. The second kappa shape index (κ2) is 13.6. The Hall–Kier alpha value is -3.17. The summed E-state index contributed by atoms with van der Waals surface area (Å²) < 4.78 is 7.21. The van der Waals surface area contributed by atoms with E-state index in [1.54, 1.807) is 36.4 Å². The molecule has 38 heavy (non-hydrogen) atoms.